The topological polar surface area (TPSA) is 70.6 Å². The number of amides is 1. The summed E-state index contributed by atoms with van der Waals surface area (Å²) in [6, 6.07) is 8.06. The number of carbonyl (C=O) groups excluding carboxylic acids is 1. The van der Waals surface area contributed by atoms with Crippen LogP contribution in [-0.2, 0) is 9.53 Å². The number of carbonyl (C=O) groups is 1. The van der Waals surface area contributed by atoms with Crippen molar-refractivity contribution in [2.24, 2.45) is 5.92 Å². The van der Waals surface area contributed by atoms with Gasteiger partial charge in [-0.2, -0.15) is 0 Å². The van der Waals surface area contributed by atoms with E-state index in [0.717, 1.165) is 48.9 Å². The lowest BCUT2D eigenvalue weighted by Gasteiger charge is -2.34. The van der Waals surface area contributed by atoms with Crippen LogP contribution in [-0.4, -0.2) is 60.5 Å². The third-order valence-electron chi connectivity index (χ3n) is 4.82. The molecule has 8 heteroatoms. The number of hydrazine groups is 1. The van der Waals surface area contributed by atoms with Crippen LogP contribution in [0.5, 0.6) is 0 Å². The summed E-state index contributed by atoms with van der Waals surface area (Å²) in [5, 5.41) is 12.7. The summed E-state index contributed by atoms with van der Waals surface area (Å²) in [7, 11) is 0. The highest BCUT2D eigenvalue weighted by Crippen LogP contribution is 2.25. The minimum absolute atomic E-state index is 0.0228. The number of hydrogen-bond donors (Lipinski definition) is 1. The molecule has 1 amide bonds. The molecule has 2 aliphatic heterocycles. The third kappa shape index (κ3) is 4.03. The van der Waals surface area contributed by atoms with Gasteiger partial charge in [-0.15, -0.1) is 21.5 Å². The molecule has 2 aromatic heterocycles. The highest BCUT2D eigenvalue weighted by atomic mass is 32.1. The number of nitrogens with zero attached hydrogens (tertiary/aromatic N) is 4. The molecular formula is C18H23N5O2S. The molecule has 7 nitrogen and oxygen atoms in total. The SMILES string of the molecule is O=C(NN1CCOCC1)[C@@H]1CCCN(c2ccc(-c3cccs3)nn2)C1. The van der Waals surface area contributed by atoms with Crippen LogP contribution in [0.1, 0.15) is 12.8 Å². The number of anilines is 1. The van der Waals surface area contributed by atoms with Crippen LogP contribution in [0.3, 0.4) is 0 Å². The summed E-state index contributed by atoms with van der Waals surface area (Å²) in [6.07, 6.45) is 1.89. The maximum atomic E-state index is 12.6. The largest absolute Gasteiger partial charge is 0.379 e. The molecule has 2 fully saturated rings. The van der Waals surface area contributed by atoms with E-state index in [1.165, 1.54) is 0 Å². The Labute approximate surface area is 156 Å². The predicted octanol–water partition coefficient (Wildman–Crippen LogP) is 1.78. The maximum absolute atomic E-state index is 12.6. The normalized spacial score (nSPS) is 21.5. The lowest BCUT2D eigenvalue weighted by molar-refractivity contribution is -0.132. The highest BCUT2D eigenvalue weighted by Gasteiger charge is 2.28. The number of morpholine rings is 1. The molecule has 0 saturated carbocycles. The molecular weight excluding hydrogens is 350 g/mol. The van der Waals surface area contributed by atoms with Crippen molar-refractivity contribution >= 4 is 23.1 Å². The molecule has 2 aliphatic rings. The quantitative estimate of drug-likeness (QED) is 0.881. The van der Waals surface area contributed by atoms with Gasteiger partial charge in [-0.05, 0) is 36.4 Å². The molecule has 0 aliphatic carbocycles. The lowest BCUT2D eigenvalue weighted by Crippen LogP contribution is -2.52. The molecule has 0 bridgehead atoms. The minimum atomic E-state index is -0.0228. The Balaban J connectivity index is 1.37. The molecule has 0 aromatic carbocycles. The summed E-state index contributed by atoms with van der Waals surface area (Å²) in [5.74, 6) is 0.916. The summed E-state index contributed by atoms with van der Waals surface area (Å²) in [4.78, 5) is 15.9. The lowest BCUT2D eigenvalue weighted by atomic mass is 9.97. The molecule has 2 aromatic rings. The Kier molecular flexibility index (Phi) is 5.42. The van der Waals surface area contributed by atoms with Crippen LogP contribution in [0.2, 0.25) is 0 Å². The van der Waals surface area contributed by atoms with E-state index in [1.54, 1.807) is 11.3 Å². The Hall–Kier alpha value is -2.03. The van der Waals surface area contributed by atoms with Crippen molar-refractivity contribution in [2.75, 3.05) is 44.3 Å². The first-order valence-electron chi connectivity index (χ1n) is 9.05. The van der Waals surface area contributed by atoms with Crippen LogP contribution < -0.4 is 10.3 Å². The summed E-state index contributed by atoms with van der Waals surface area (Å²) in [5.41, 5.74) is 3.93. The van der Waals surface area contributed by atoms with Crippen molar-refractivity contribution in [1.82, 2.24) is 20.6 Å². The average molecular weight is 373 g/mol. The Morgan fingerprint density at radius 3 is 2.81 bits per heavy atom. The molecule has 4 heterocycles. The number of ether oxygens (including phenoxy) is 1. The molecule has 1 atom stereocenters. The number of piperidine rings is 1. The van der Waals surface area contributed by atoms with Crippen molar-refractivity contribution in [3.05, 3.63) is 29.6 Å². The second-order valence-electron chi connectivity index (χ2n) is 6.61. The zero-order valence-electron chi connectivity index (χ0n) is 14.6. The van der Waals surface area contributed by atoms with Crippen LogP contribution in [0, 0.1) is 5.92 Å². The van der Waals surface area contributed by atoms with E-state index in [2.05, 4.69) is 20.5 Å². The van der Waals surface area contributed by atoms with Crippen molar-refractivity contribution in [2.45, 2.75) is 12.8 Å². The molecule has 4 rings (SSSR count). The van der Waals surface area contributed by atoms with Crippen molar-refractivity contribution in [1.29, 1.82) is 0 Å². The molecule has 1 N–H and O–H groups in total. The standard InChI is InChI=1S/C18H23N5O2S/c24-18(21-23-8-10-25-11-9-23)14-3-1-7-22(13-14)17-6-5-15(19-20-17)16-4-2-12-26-16/h2,4-6,12,14H,1,3,7-11,13H2,(H,21,24)/t14-/m1/s1. The van der Waals surface area contributed by atoms with Gasteiger partial charge in [-0.25, -0.2) is 5.01 Å². The second-order valence-corrected chi connectivity index (χ2v) is 7.56. The van der Waals surface area contributed by atoms with Gasteiger partial charge in [0.05, 0.1) is 24.0 Å². The van der Waals surface area contributed by atoms with Gasteiger partial charge in [-0.1, -0.05) is 6.07 Å². The fraction of sp³-hybridized carbons (Fsp3) is 0.500. The van der Waals surface area contributed by atoms with E-state index < -0.39 is 0 Å². The van der Waals surface area contributed by atoms with Gasteiger partial charge in [-0.3, -0.25) is 10.2 Å². The fourth-order valence-electron chi connectivity index (χ4n) is 3.37. The maximum Gasteiger partial charge on any atom is 0.239 e. The zero-order valence-corrected chi connectivity index (χ0v) is 15.5. The van der Waals surface area contributed by atoms with Crippen molar-refractivity contribution < 1.29 is 9.53 Å². The number of hydrogen-bond acceptors (Lipinski definition) is 7. The van der Waals surface area contributed by atoms with Gasteiger partial charge in [0, 0.05) is 26.2 Å². The van der Waals surface area contributed by atoms with Crippen LogP contribution in [0.15, 0.2) is 29.6 Å². The van der Waals surface area contributed by atoms with Gasteiger partial charge in [0.15, 0.2) is 5.82 Å². The smallest absolute Gasteiger partial charge is 0.239 e. The summed E-state index contributed by atoms with van der Waals surface area (Å²) < 4.78 is 5.32. The molecule has 138 valence electrons. The van der Waals surface area contributed by atoms with E-state index in [-0.39, 0.29) is 11.8 Å². The average Bonchev–Trinajstić information content (AvgIpc) is 3.24. The number of rotatable bonds is 4. The van der Waals surface area contributed by atoms with Gasteiger partial charge in [0.2, 0.25) is 5.91 Å². The van der Waals surface area contributed by atoms with E-state index in [0.29, 0.717) is 19.8 Å². The first-order chi connectivity index (χ1) is 12.8. The fourth-order valence-corrected chi connectivity index (χ4v) is 4.06. The van der Waals surface area contributed by atoms with Gasteiger partial charge >= 0.3 is 0 Å². The number of thiophene rings is 1. The van der Waals surface area contributed by atoms with Gasteiger partial charge in [0.1, 0.15) is 5.69 Å². The molecule has 0 unspecified atom stereocenters. The Morgan fingerprint density at radius 1 is 1.19 bits per heavy atom. The van der Waals surface area contributed by atoms with Crippen LogP contribution >= 0.6 is 11.3 Å². The number of aromatic nitrogens is 2. The van der Waals surface area contributed by atoms with Gasteiger partial charge < -0.3 is 9.64 Å². The van der Waals surface area contributed by atoms with E-state index in [4.69, 9.17) is 4.74 Å². The van der Waals surface area contributed by atoms with E-state index >= 15 is 0 Å². The Bertz CT molecular complexity index is 716. The third-order valence-corrected chi connectivity index (χ3v) is 5.71. The van der Waals surface area contributed by atoms with E-state index in [9.17, 15) is 4.79 Å². The van der Waals surface area contributed by atoms with Gasteiger partial charge in [0.25, 0.3) is 0 Å². The minimum Gasteiger partial charge on any atom is -0.379 e. The highest BCUT2D eigenvalue weighted by molar-refractivity contribution is 7.13. The zero-order chi connectivity index (χ0) is 17.8. The summed E-state index contributed by atoms with van der Waals surface area (Å²) in [6.45, 7) is 4.43. The number of nitrogens with one attached hydrogen (secondary N) is 1. The molecule has 0 radical (unpaired) electrons. The molecule has 2 saturated heterocycles. The van der Waals surface area contributed by atoms with Crippen molar-refractivity contribution in [3.63, 3.8) is 0 Å². The van der Waals surface area contributed by atoms with Crippen LogP contribution in [0.4, 0.5) is 5.82 Å². The summed E-state index contributed by atoms with van der Waals surface area (Å²) >= 11 is 1.66. The predicted molar refractivity (Wildman–Crippen MR) is 101 cm³/mol. The van der Waals surface area contributed by atoms with Crippen molar-refractivity contribution in [3.8, 4) is 10.6 Å². The van der Waals surface area contributed by atoms with E-state index in [1.807, 2.05) is 34.7 Å². The molecule has 0 spiro atoms. The first-order valence-corrected chi connectivity index (χ1v) is 9.93. The molecule has 26 heavy (non-hydrogen) atoms. The second kappa shape index (κ2) is 8.11. The van der Waals surface area contributed by atoms with Crippen LogP contribution in [0.25, 0.3) is 10.6 Å². The Morgan fingerprint density at radius 2 is 2.08 bits per heavy atom. The first kappa shape index (κ1) is 17.4. The monoisotopic (exact) mass is 373 g/mol.